The van der Waals surface area contributed by atoms with Crippen LogP contribution in [0.3, 0.4) is 0 Å². The van der Waals surface area contributed by atoms with E-state index < -0.39 is 0 Å². The lowest BCUT2D eigenvalue weighted by Gasteiger charge is -2.31. The fraction of sp³-hybridized carbons (Fsp3) is 0.923. The van der Waals surface area contributed by atoms with E-state index in [2.05, 4.69) is 13.8 Å². The van der Waals surface area contributed by atoms with Gasteiger partial charge in [0.05, 0.1) is 6.10 Å². The smallest absolute Gasteiger partial charge is 0.223 e. The minimum absolute atomic E-state index is 0.172. The topological polar surface area (TPSA) is 40.5 Å². The number of hydrogen-bond acceptors (Lipinski definition) is 2. The largest absolute Gasteiger partial charge is 0.391 e. The molecule has 0 aromatic carbocycles. The van der Waals surface area contributed by atoms with E-state index in [4.69, 9.17) is 0 Å². The third-order valence-electron chi connectivity index (χ3n) is 3.33. The van der Waals surface area contributed by atoms with E-state index in [1.807, 2.05) is 18.7 Å². The van der Waals surface area contributed by atoms with Crippen molar-refractivity contribution in [2.75, 3.05) is 6.54 Å². The molecule has 16 heavy (non-hydrogen) atoms. The summed E-state index contributed by atoms with van der Waals surface area (Å²) in [5, 5.41) is 9.60. The molecule has 94 valence electrons. The molecule has 0 saturated carbocycles. The lowest BCUT2D eigenvalue weighted by Crippen LogP contribution is -2.42. The first-order valence-electron chi connectivity index (χ1n) is 6.31. The summed E-state index contributed by atoms with van der Waals surface area (Å²) in [7, 11) is 0. The van der Waals surface area contributed by atoms with Crippen molar-refractivity contribution < 1.29 is 9.90 Å². The molecule has 0 bridgehead atoms. The van der Waals surface area contributed by atoms with Crippen LogP contribution in [-0.4, -0.2) is 34.1 Å². The standard InChI is InChI=1S/C13H25NO2/c1-10(2)6-5-7-12(16)14-9-11(15)8-13(14,3)4/h10-11,15H,5-9H2,1-4H3. The van der Waals surface area contributed by atoms with Gasteiger partial charge in [0, 0.05) is 18.5 Å². The van der Waals surface area contributed by atoms with Crippen LogP contribution in [0.15, 0.2) is 0 Å². The molecule has 1 unspecified atom stereocenters. The van der Waals surface area contributed by atoms with Crippen LogP contribution in [0.2, 0.25) is 0 Å². The molecule has 0 radical (unpaired) electrons. The van der Waals surface area contributed by atoms with Crippen molar-refractivity contribution in [1.82, 2.24) is 4.90 Å². The molecule has 1 aliphatic rings. The van der Waals surface area contributed by atoms with Crippen LogP contribution in [-0.2, 0) is 4.79 Å². The Morgan fingerprint density at radius 3 is 2.56 bits per heavy atom. The molecule has 3 heteroatoms. The Balaban J connectivity index is 2.42. The van der Waals surface area contributed by atoms with Gasteiger partial charge in [0.2, 0.25) is 5.91 Å². The monoisotopic (exact) mass is 227 g/mol. The van der Waals surface area contributed by atoms with E-state index >= 15 is 0 Å². The number of rotatable bonds is 4. The second-order valence-corrected chi connectivity index (χ2v) is 5.96. The molecule has 0 aromatic heterocycles. The Bertz CT molecular complexity index is 248. The van der Waals surface area contributed by atoms with Crippen LogP contribution in [0.1, 0.15) is 53.4 Å². The molecule has 1 amide bonds. The zero-order chi connectivity index (χ0) is 12.3. The van der Waals surface area contributed by atoms with Gasteiger partial charge in [0.15, 0.2) is 0 Å². The average Bonchev–Trinajstić information content (AvgIpc) is 2.38. The molecular weight excluding hydrogens is 202 g/mol. The summed E-state index contributed by atoms with van der Waals surface area (Å²) < 4.78 is 0. The predicted molar refractivity (Wildman–Crippen MR) is 65.1 cm³/mol. The van der Waals surface area contributed by atoms with Crippen molar-refractivity contribution in [1.29, 1.82) is 0 Å². The normalized spacial score (nSPS) is 24.1. The minimum Gasteiger partial charge on any atom is -0.391 e. The molecule has 0 aromatic rings. The van der Waals surface area contributed by atoms with Crippen molar-refractivity contribution in [2.24, 2.45) is 5.92 Å². The van der Waals surface area contributed by atoms with E-state index in [1.54, 1.807) is 0 Å². The number of amides is 1. The highest BCUT2D eigenvalue weighted by molar-refractivity contribution is 5.77. The maximum absolute atomic E-state index is 12.0. The molecule has 1 aliphatic heterocycles. The van der Waals surface area contributed by atoms with Gasteiger partial charge in [-0.15, -0.1) is 0 Å². The summed E-state index contributed by atoms with van der Waals surface area (Å²) in [6.45, 7) is 8.92. The van der Waals surface area contributed by atoms with E-state index in [-0.39, 0.29) is 17.6 Å². The second kappa shape index (κ2) is 5.17. The molecule has 1 atom stereocenters. The molecular formula is C13H25NO2. The Hall–Kier alpha value is -0.570. The zero-order valence-electron chi connectivity index (χ0n) is 11.0. The number of aliphatic hydroxyl groups is 1. The van der Waals surface area contributed by atoms with E-state index in [0.29, 0.717) is 25.3 Å². The number of β-amino-alcohol motifs (C(OH)–C–C–N with tert-alkyl or cyclic N) is 1. The lowest BCUT2D eigenvalue weighted by molar-refractivity contribution is -0.134. The van der Waals surface area contributed by atoms with Gasteiger partial charge in [-0.3, -0.25) is 4.79 Å². The Morgan fingerprint density at radius 1 is 1.50 bits per heavy atom. The van der Waals surface area contributed by atoms with Crippen LogP contribution >= 0.6 is 0 Å². The van der Waals surface area contributed by atoms with Crippen molar-refractivity contribution >= 4 is 5.91 Å². The maximum atomic E-state index is 12.0. The zero-order valence-corrected chi connectivity index (χ0v) is 11.0. The van der Waals surface area contributed by atoms with E-state index in [9.17, 15) is 9.90 Å². The number of aliphatic hydroxyl groups excluding tert-OH is 1. The van der Waals surface area contributed by atoms with Crippen LogP contribution in [0, 0.1) is 5.92 Å². The predicted octanol–water partition coefficient (Wildman–Crippen LogP) is 2.18. The first-order valence-corrected chi connectivity index (χ1v) is 6.31. The second-order valence-electron chi connectivity index (χ2n) is 5.96. The van der Waals surface area contributed by atoms with Gasteiger partial charge in [0.1, 0.15) is 0 Å². The Morgan fingerprint density at radius 2 is 2.12 bits per heavy atom. The summed E-state index contributed by atoms with van der Waals surface area (Å²) in [5.74, 6) is 0.854. The Kier molecular flexibility index (Phi) is 4.36. The van der Waals surface area contributed by atoms with Crippen molar-refractivity contribution in [3.05, 3.63) is 0 Å². The summed E-state index contributed by atoms with van der Waals surface area (Å²) in [4.78, 5) is 13.8. The number of carbonyl (C=O) groups is 1. The van der Waals surface area contributed by atoms with Crippen LogP contribution in [0.25, 0.3) is 0 Å². The van der Waals surface area contributed by atoms with Gasteiger partial charge in [-0.1, -0.05) is 20.3 Å². The molecule has 1 saturated heterocycles. The fourth-order valence-corrected chi connectivity index (χ4v) is 2.45. The summed E-state index contributed by atoms with van der Waals surface area (Å²) in [6, 6.07) is 0. The molecule has 1 rings (SSSR count). The molecule has 1 fully saturated rings. The first kappa shape index (κ1) is 13.5. The van der Waals surface area contributed by atoms with Gasteiger partial charge in [0.25, 0.3) is 0 Å². The van der Waals surface area contributed by atoms with Crippen LogP contribution < -0.4 is 0 Å². The van der Waals surface area contributed by atoms with Gasteiger partial charge in [-0.2, -0.15) is 0 Å². The molecule has 1 heterocycles. The summed E-state index contributed by atoms with van der Waals surface area (Å²) in [6.07, 6.45) is 3.03. The highest BCUT2D eigenvalue weighted by Gasteiger charge is 2.39. The number of hydrogen-bond donors (Lipinski definition) is 1. The fourth-order valence-electron chi connectivity index (χ4n) is 2.45. The van der Waals surface area contributed by atoms with Gasteiger partial charge in [-0.05, 0) is 32.6 Å². The highest BCUT2D eigenvalue weighted by Crippen LogP contribution is 2.29. The van der Waals surface area contributed by atoms with Gasteiger partial charge >= 0.3 is 0 Å². The molecule has 3 nitrogen and oxygen atoms in total. The number of nitrogens with zero attached hydrogens (tertiary/aromatic N) is 1. The average molecular weight is 227 g/mol. The lowest BCUT2D eigenvalue weighted by atomic mass is 10.0. The molecule has 0 spiro atoms. The first-order chi connectivity index (χ1) is 7.33. The Labute approximate surface area is 98.8 Å². The third-order valence-corrected chi connectivity index (χ3v) is 3.33. The van der Waals surface area contributed by atoms with Gasteiger partial charge in [-0.25, -0.2) is 0 Å². The van der Waals surface area contributed by atoms with Gasteiger partial charge < -0.3 is 10.0 Å². The quantitative estimate of drug-likeness (QED) is 0.799. The van der Waals surface area contributed by atoms with E-state index in [1.165, 1.54) is 0 Å². The number of carbonyl (C=O) groups excluding carboxylic acids is 1. The van der Waals surface area contributed by atoms with Crippen LogP contribution in [0.4, 0.5) is 0 Å². The maximum Gasteiger partial charge on any atom is 0.223 e. The van der Waals surface area contributed by atoms with Crippen molar-refractivity contribution in [3.8, 4) is 0 Å². The third kappa shape index (κ3) is 3.48. The summed E-state index contributed by atoms with van der Waals surface area (Å²) in [5.41, 5.74) is -0.172. The number of likely N-dealkylation sites (tertiary alicyclic amines) is 1. The molecule has 0 aliphatic carbocycles. The molecule has 1 N–H and O–H groups in total. The van der Waals surface area contributed by atoms with Crippen LogP contribution in [0.5, 0.6) is 0 Å². The summed E-state index contributed by atoms with van der Waals surface area (Å²) >= 11 is 0. The highest BCUT2D eigenvalue weighted by atomic mass is 16.3. The SMILES string of the molecule is CC(C)CCCC(=O)N1CC(O)CC1(C)C. The minimum atomic E-state index is -0.343. The van der Waals surface area contributed by atoms with Crippen molar-refractivity contribution in [3.63, 3.8) is 0 Å². The van der Waals surface area contributed by atoms with E-state index in [0.717, 1.165) is 12.8 Å². The van der Waals surface area contributed by atoms with Crippen molar-refractivity contribution in [2.45, 2.75) is 65.0 Å².